The number of fused-ring (bicyclic) bond motifs is 5. The monoisotopic (exact) mass is 397 g/mol. The van der Waals surface area contributed by atoms with Crippen molar-refractivity contribution in [3.63, 3.8) is 0 Å². The van der Waals surface area contributed by atoms with Crippen molar-refractivity contribution in [3.8, 4) is 0 Å². The molecule has 0 aromatic heterocycles. The third-order valence-corrected chi connectivity index (χ3v) is 11.6. The molecule has 0 radical (unpaired) electrons. The molecule has 2 nitrogen and oxygen atoms in total. The van der Waals surface area contributed by atoms with E-state index < -0.39 is 0 Å². The molecule has 1 N–H and O–H groups in total. The van der Waals surface area contributed by atoms with Gasteiger partial charge < -0.3 is 5.11 Å². The lowest BCUT2D eigenvalue weighted by Crippen LogP contribution is -2.63. The van der Waals surface area contributed by atoms with Crippen molar-refractivity contribution in [2.75, 3.05) is 13.1 Å². The zero-order valence-corrected chi connectivity index (χ0v) is 19.1. The summed E-state index contributed by atoms with van der Waals surface area (Å²) in [6.45, 7) is 10.5. The molecular formula is C27H43NO. The summed E-state index contributed by atoms with van der Waals surface area (Å²) in [5.41, 5.74) is 2.65. The summed E-state index contributed by atoms with van der Waals surface area (Å²) in [5, 5.41) is 10.3. The first-order valence-electron chi connectivity index (χ1n) is 13.0. The Morgan fingerprint density at radius 3 is 2.66 bits per heavy atom. The third kappa shape index (κ3) is 2.60. The average molecular weight is 398 g/mol. The van der Waals surface area contributed by atoms with E-state index in [1.807, 2.05) is 0 Å². The second-order valence-corrected chi connectivity index (χ2v) is 12.7. The first-order valence-corrected chi connectivity index (χ1v) is 13.0. The van der Waals surface area contributed by atoms with E-state index >= 15 is 0 Å². The van der Waals surface area contributed by atoms with Crippen molar-refractivity contribution >= 4 is 0 Å². The Bertz CT molecular complexity index is 701. The highest BCUT2D eigenvalue weighted by molar-refractivity contribution is 5.26. The Morgan fingerprint density at radius 1 is 0.966 bits per heavy atom. The molecule has 29 heavy (non-hydrogen) atoms. The summed E-state index contributed by atoms with van der Waals surface area (Å²) in [6.07, 6.45) is 16.0. The lowest BCUT2D eigenvalue weighted by atomic mass is 9.45. The second kappa shape index (κ2) is 6.58. The largest absolute Gasteiger partial charge is 0.393 e. The van der Waals surface area contributed by atoms with Crippen molar-refractivity contribution in [2.45, 2.75) is 97.1 Å². The van der Waals surface area contributed by atoms with E-state index in [4.69, 9.17) is 0 Å². The summed E-state index contributed by atoms with van der Waals surface area (Å²) in [5.74, 6) is 5.58. The molecule has 1 spiro atoms. The lowest BCUT2D eigenvalue weighted by Gasteiger charge is -2.63. The first-order chi connectivity index (χ1) is 13.9. The van der Waals surface area contributed by atoms with Crippen LogP contribution in [-0.2, 0) is 0 Å². The molecule has 2 saturated heterocycles. The van der Waals surface area contributed by atoms with Crippen LogP contribution < -0.4 is 0 Å². The van der Waals surface area contributed by atoms with Gasteiger partial charge in [0.1, 0.15) is 0 Å². The van der Waals surface area contributed by atoms with Gasteiger partial charge in [0.2, 0.25) is 0 Å². The summed E-state index contributed by atoms with van der Waals surface area (Å²) >= 11 is 0. The van der Waals surface area contributed by atoms with E-state index in [1.54, 1.807) is 5.57 Å². The number of nitrogens with zero attached hydrogens (tertiary/aromatic N) is 1. The molecule has 5 fully saturated rings. The molecule has 2 heteroatoms. The minimum atomic E-state index is -0.0751. The SMILES string of the molecule is C[C@H]1CC[C@@H]2[C@@H](C)[C@H]3CC[C@H]4[C@@H]5CC=C6C[C@@H](O)CC[C@]6(C)[C@H]5CC[C@]34CN2C1. The van der Waals surface area contributed by atoms with E-state index in [2.05, 4.69) is 31.7 Å². The summed E-state index contributed by atoms with van der Waals surface area (Å²) in [7, 11) is 0. The number of piperidine rings is 2. The molecule has 6 aliphatic rings. The minimum absolute atomic E-state index is 0.0751. The molecule has 2 heterocycles. The van der Waals surface area contributed by atoms with Crippen molar-refractivity contribution < 1.29 is 5.11 Å². The predicted octanol–water partition coefficient (Wildman–Crippen LogP) is 5.66. The highest BCUT2D eigenvalue weighted by Gasteiger charge is 2.64. The van der Waals surface area contributed by atoms with Crippen molar-refractivity contribution in [1.29, 1.82) is 0 Å². The van der Waals surface area contributed by atoms with E-state index in [9.17, 15) is 5.11 Å². The number of hydrogen-bond donors (Lipinski definition) is 1. The molecule has 0 bridgehead atoms. The Kier molecular flexibility index (Phi) is 4.39. The van der Waals surface area contributed by atoms with Gasteiger partial charge in [0.05, 0.1) is 6.10 Å². The number of aliphatic hydroxyl groups is 1. The van der Waals surface area contributed by atoms with Gasteiger partial charge in [-0.2, -0.15) is 0 Å². The minimum Gasteiger partial charge on any atom is -0.393 e. The van der Waals surface area contributed by atoms with Gasteiger partial charge in [-0.15, -0.1) is 0 Å². The molecule has 4 aliphatic carbocycles. The van der Waals surface area contributed by atoms with Gasteiger partial charge in [-0.1, -0.05) is 32.4 Å². The van der Waals surface area contributed by atoms with Crippen LogP contribution in [0.5, 0.6) is 0 Å². The summed E-state index contributed by atoms with van der Waals surface area (Å²) < 4.78 is 0. The van der Waals surface area contributed by atoms with Crippen molar-refractivity contribution in [3.05, 3.63) is 11.6 Å². The van der Waals surface area contributed by atoms with Crippen molar-refractivity contribution in [2.24, 2.45) is 46.3 Å². The number of aliphatic hydroxyl groups excluding tert-OH is 1. The number of hydrogen-bond acceptors (Lipinski definition) is 2. The second-order valence-electron chi connectivity index (χ2n) is 12.7. The van der Waals surface area contributed by atoms with Gasteiger partial charge >= 0.3 is 0 Å². The lowest BCUT2D eigenvalue weighted by molar-refractivity contribution is -0.130. The van der Waals surface area contributed by atoms with E-state index in [0.29, 0.717) is 10.8 Å². The molecule has 3 saturated carbocycles. The van der Waals surface area contributed by atoms with Crippen LogP contribution in [0.1, 0.15) is 85.0 Å². The Hall–Kier alpha value is -0.340. The molecule has 162 valence electrons. The zero-order chi connectivity index (χ0) is 20.0. The highest BCUT2D eigenvalue weighted by atomic mass is 16.3. The Balaban J connectivity index is 1.32. The quantitative estimate of drug-likeness (QED) is 0.533. The maximum absolute atomic E-state index is 10.3. The van der Waals surface area contributed by atoms with Gasteiger partial charge in [0.25, 0.3) is 0 Å². The van der Waals surface area contributed by atoms with Crippen LogP contribution in [0.15, 0.2) is 11.6 Å². The van der Waals surface area contributed by atoms with Gasteiger partial charge in [0.15, 0.2) is 0 Å². The van der Waals surface area contributed by atoms with E-state index in [1.165, 1.54) is 64.5 Å². The summed E-state index contributed by atoms with van der Waals surface area (Å²) in [4.78, 5) is 2.98. The van der Waals surface area contributed by atoms with Crippen LogP contribution in [0.2, 0.25) is 0 Å². The first kappa shape index (κ1) is 19.4. The molecule has 0 aromatic carbocycles. The third-order valence-electron chi connectivity index (χ3n) is 11.6. The molecule has 2 aliphatic heterocycles. The normalized spacial score (nSPS) is 57.0. The molecule has 0 amide bonds. The van der Waals surface area contributed by atoms with Crippen LogP contribution >= 0.6 is 0 Å². The molecule has 10 atom stereocenters. The fourth-order valence-corrected chi connectivity index (χ4v) is 10.3. The van der Waals surface area contributed by atoms with Crippen molar-refractivity contribution in [1.82, 2.24) is 4.90 Å². The fraction of sp³-hybridized carbons (Fsp3) is 0.926. The number of rotatable bonds is 0. The molecule has 0 unspecified atom stereocenters. The Morgan fingerprint density at radius 2 is 1.79 bits per heavy atom. The standard InChI is InChI=1S/C27H43NO/c1-17-4-9-25-18(2)22-7-8-24-21-6-5-19-14-20(29)10-12-26(19,3)23(21)11-13-27(22,24)16-28(25)15-17/h5,17-18,20-25,29H,4,6-16H2,1-3H3/t17-,18-,20-,21+,22+,23-,24-,25+,26-,27-/m0/s1. The molecule has 0 aromatic rings. The van der Waals surface area contributed by atoms with E-state index in [0.717, 1.165) is 54.4 Å². The van der Waals surface area contributed by atoms with Crippen LogP contribution in [0, 0.1) is 46.3 Å². The molecule has 6 rings (SSSR count). The van der Waals surface area contributed by atoms with Crippen LogP contribution in [0.25, 0.3) is 0 Å². The van der Waals surface area contributed by atoms with Crippen LogP contribution in [0.3, 0.4) is 0 Å². The van der Waals surface area contributed by atoms with Gasteiger partial charge in [-0.25, -0.2) is 0 Å². The maximum atomic E-state index is 10.3. The highest BCUT2D eigenvalue weighted by Crippen LogP contribution is 2.69. The smallest absolute Gasteiger partial charge is 0.0577 e. The number of allylic oxidation sites excluding steroid dienone is 1. The van der Waals surface area contributed by atoms with E-state index in [-0.39, 0.29) is 6.10 Å². The summed E-state index contributed by atoms with van der Waals surface area (Å²) in [6, 6.07) is 0.883. The Labute approximate surface area is 178 Å². The average Bonchev–Trinajstić information content (AvgIpc) is 3.08. The van der Waals surface area contributed by atoms with Crippen LogP contribution in [-0.4, -0.2) is 35.2 Å². The van der Waals surface area contributed by atoms with Gasteiger partial charge in [0, 0.05) is 19.1 Å². The zero-order valence-electron chi connectivity index (χ0n) is 19.1. The van der Waals surface area contributed by atoms with Gasteiger partial charge in [-0.05, 0) is 111 Å². The van der Waals surface area contributed by atoms with Gasteiger partial charge in [-0.3, -0.25) is 4.90 Å². The maximum Gasteiger partial charge on any atom is 0.0577 e. The fourth-order valence-electron chi connectivity index (χ4n) is 10.3. The predicted molar refractivity (Wildman–Crippen MR) is 118 cm³/mol. The topological polar surface area (TPSA) is 23.5 Å². The van der Waals surface area contributed by atoms with Crippen LogP contribution in [0.4, 0.5) is 0 Å². The molecular weight excluding hydrogens is 354 g/mol.